The maximum atomic E-state index is 8.90. The number of hydrogen-bond acceptors (Lipinski definition) is 2. The fourth-order valence-electron chi connectivity index (χ4n) is 2.01. The molecule has 0 aliphatic heterocycles. The first-order chi connectivity index (χ1) is 5.88. The van der Waals surface area contributed by atoms with E-state index >= 15 is 0 Å². The van der Waals surface area contributed by atoms with Crippen LogP contribution in [0.3, 0.4) is 0 Å². The molecule has 0 radical (unpaired) electrons. The number of hydrogen-bond donors (Lipinski definition) is 1. The molecule has 1 atom stereocenters. The molecule has 0 heterocycles. The first-order valence-electron chi connectivity index (χ1n) is 5.01. The standard InChI is InChI=1S/C10H18N2/c1-2-12-10(8-11)9-6-4-3-5-7-9/h9-10,12H,2-7H2,1H3. The maximum absolute atomic E-state index is 8.90. The summed E-state index contributed by atoms with van der Waals surface area (Å²) in [5.74, 6) is 0.615. The zero-order chi connectivity index (χ0) is 8.81. The van der Waals surface area contributed by atoms with Crippen LogP contribution in [-0.4, -0.2) is 12.6 Å². The molecule has 12 heavy (non-hydrogen) atoms. The van der Waals surface area contributed by atoms with Crippen molar-refractivity contribution in [1.29, 1.82) is 5.26 Å². The summed E-state index contributed by atoms with van der Waals surface area (Å²) in [5, 5.41) is 12.1. The predicted molar refractivity (Wildman–Crippen MR) is 49.7 cm³/mol. The fourth-order valence-corrected chi connectivity index (χ4v) is 2.01. The van der Waals surface area contributed by atoms with Crippen LogP contribution in [0.2, 0.25) is 0 Å². The second-order valence-electron chi connectivity index (χ2n) is 3.56. The monoisotopic (exact) mass is 166 g/mol. The number of nitrogens with zero attached hydrogens (tertiary/aromatic N) is 1. The molecule has 1 unspecified atom stereocenters. The summed E-state index contributed by atoms with van der Waals surface area (Å²) < 4.78 is 0. The van der Waals surface area contributed by atoms with Crippen LogP contribution in [0.1, 0.15) is 39.0 Å². The Labute approximate surface area is 75.0 Å². The van der Waals surface area contributed by atoms with E-state index in [0.29, 0.717) is 5.92 Å². The Kier molecular flexibility index (Phi) is 4.10. The van der Waals surface area contributed by atoms with E-state index in [1.54, 1.807) is 0 Å². The van der Waals surface area contributed by atoms with E-state index in [-0.39, 0.29) is 6.04 Å². The minimum atomic E-state index is 0.107. The van der Waals surface area contributed by atoms with E-state index in [9.17, 15) is 0 Å². The van der Waals surface area contributed by atoms with Gasteiger partial charge in [-0.1, -0.05) is 26.2 Å². The Bertz CT molecular complexity index is 154. The van der Waals surface area contributed by atoms with Crippen molar-refractivity contribution >= 4 is 0 Å². The van der Waals surface area contributed by atoms with Gasteiger partial charge in [-0.25, -0.2) is 0 Å². The number of nitriles is 1. The van der Waals surface area contributed by atoms with Crippen molar-refractivity contribution in [3.8, 4) is 6.07 Å². The van der Waals surface area contributed by atoms with Gasteiger partial charge in [0.25, 0.3) is 0 Å². The summed E-state index contributed by atoms with van der Waals surface area (Å²) in [6.45, 7) is 2.97. The lowest BCUT2D eigenvalue weighted by molar-refractivity contribution is 0.307. The molecule has 2 nitrogen and oxygen atoms in total. The Morgan fingerprint density at radius 3 is 2.58 bits per heavy atom. The highest BCUT2D eigenvalue weighted by atomic mass is 14.9. The number of rotatable bonds is 3. The van der Waals surface area contributed by atoms with Gasteiger partial charge in [0.2, 0.25) is 0 Å². The van der Waals surface area contributed by atoms with Crippen LogP contribution in [0.15, 0.2) is 0 Å². The molecule has 1 aliphatic carbocycles. The Morgan fingerprint density at radius 1 is 1.42 bits per heavy atom. The molecule has 0 saturated heterocycles. The van der Waals surface area contributed by atoms with Crippen LogP contribution >= 0.6 is 0 Å². The smallest absolute Gasteiger partial charge is 0.0981 e. The molecule has 0 spiro atoms. The lowest BCUT2D eigenvalue weighted by Gasteiger charge is -2.25. The molecule has 68 valence electrons. The van der Waals surface area contributed by atoms with Gasteiger partial charge in [-0.05, 0) is 25.3 Å². The second-order valence-corrected chi connectivity index (χ2v) is 3.56. The quantitative estimate of drug-likeness (QED) is 0.696. The zero-order valence-corrected chi connectivity index (χ0v) is 7.84. The average molecular weight is 166 g/mol. The summed E-state index contributed by atoms with van der Waals surface area (Å²) >= 11 is 0. The van der Waals surface area contributed by atoms with Crippen molar-refractivity contribution in [3.63, 3.8) is 0 Å². The molecule has 0 aromatic rings. The van der Waals surface area contributed by atoms with Gasteiger partial charge in [-0.15, -0.1) is 0 Å². The third kappa shape index (κ3) is 2.49. The zero-order valence-electron chi connectivity index (χ0n) is 7.84. The Hall–Kier alpha value is -0.550. The lowest BCUT2D eigenvalue weighted by Crippen LogP contribution is -2.35. The van der Waals surface area contributed by atoms with Crippen molar-refractivity contribution < 1.29 is 0 Å². The van der Waals surface area contributed by atoms with Gasteiger partial charge < -0.3 is 5.32 Å². The Balaban J connectivity index is 2.36. The number of nitrogens with one attached hydrogen (secondary N) is 1. The van der Waals surface area contributed by atoms with Crippen molar-refractivity contribution in [2.75, 3.05) is 6.54 Å². The van der Waals surface area contributed by atoms with Crippen molar-refractivity contribution in [1.82, 2.24) is 5.32 Å². The van der Waals surface area contributed by atoms with Gasteiger partial charge in [0.1, 0.15) is 0 Å². The molecular formula is C10H18N2. The minimum absolute atomic E-state index is 0.107. The van der Waals surface area contributed by atoms with Crippen LogP contribution in [0.4, 0.5) is 0 Å². The first-order valence-corrected chi connectivity index (χ1v) is 5.01. The predicted octanol–water partition coefficient (Wildman–Crippen LogP) is 2.07. The van der Waals surface area contributed by atoms with Gasteiger partial charge in [0, 0.05) is 0 Å². The van der Waals surface area contributed by atoms with Gasteiger partial charge in [0.15, 0.2) is 0 Å². The van der Waals surface area contributed by atoms with Crippen LogP contribution in [0.25, 0.3) is 0 Å². The highest BCUT2D eigenvalue weighted by molar-refractivity contribution is 4.95. The maximum Gasteiger partial charge on any atom is 0.0981 e. The van der Waals surface area contributed by atoms with Gasteiger partial charge in [0.05, 0.1) is 12.1 Å². The molecule has 0 aromatic heterocycles. The summed E-state index contributed by atoms with van der Waals surface area (Å²) in [5.41, 5.74) is 0. The molecule has 0 amide bonds. The Morgan fingerprint density at radius 2 is 2.08 bits per heavy atom. The van der Waals surface area contributed by atoms with E-state index in [1.165, 1.54) is 32.1 Å². The lowest BCUT2D eigenvalue weighted by atomic mass is 9.84. The van der Waals surface area contributed by atoms with Crippen LogP contribution in [0, 0.1) is 17.2 Å². The molecule has 2 heteroatoms. The third-order valence-corrected chi connectivity index (χ3v) is 2.68. The summed E-state index contributed by atoms with van der Waals surface area (Å²) in [4.78, 5) is 0. The molecule has 0 aromatic carbocycles. The van der Waals surface area contributed by atoms with E-state index in [0.717, 1.165) is 6.54 Å². The molecule has 1 saturated carbocycles. The molecular weight excluding hydrogens is 148 g/mol. The first kappa shape index (κ1) is 9.54. The van der Waals surface area contributed by atoms with Gasteiger partial charge in [-0.2, -0.15) is 5.26 Å². The molecule has 1 aliphatic rings. The van der Waals surface area contributed by atoms with Crippen molar-refractivity contribution in [3.05, 3.63) is 0 Å². The summed E-state index contributed by atoms with van der Waals surface area (Å²) in [6, 6.07) is 2.47. The van der Waals surface area contributed by atoms with Gasteiger partial charge in [-0.3, -0.25) is 0 Å². The molecule has 1 fully saturated rings. The van der Waals surface area contributed by atoms with Gasteiger partial charge >= 0.3 is 0 Å². The highest BCUT2D eigenvalue weighted by Crippen LogP contribution is 2.26. The summed E-state index contributed by atoms with van der Waals surface area (Å²) in [7, 11) is 0. The minimum Gasteiger partial charge on any atom is -0.302 e. The van der Waals surface area contributed by atoms with E-state index in [1.807, 2.05) is 0 Å². The summed E-state index contributed by atoms with van der Waals surface area (Å²) in [6.07, 6.45) is 6.47. The SMILES string of the molecule is CCNC(C#N)C1CCCCC1. The van der Waals surface area contributed by atoms with Crippen LogP contribution < -0.4 is 5.32 Å². The average Bonchev–Trinajstić information content (AvgIpc) is 2.15. The van der Waals surface area contributed by atoms with Crippen LogP contribution in [0.5, 0.6) is 0 Å². The van der Waals surface area contributed by atoms with Crippen molar-refractivity contribution in [2.24, 2.45) is 5.92 Å². The largest absolute Gasteiger partial charge is 0.302 e. The molecule has 0 bridgehead atoms. The molecule has 1 rings (SSSR count). The van der Waals surface area contributed by atoms with Crippen molar-refractivity contribution in [2.45, 2.75) is 45.1 Å². The second kappa shape index (κ2) is 5.16. The topological polar surface area (TPSA) is 35.8 Å². The molecule has 1 N–H and O–H groups in total. The third-order valence-electron chi connectivity index (χ3n) is 2.68. The highest BCUT2D eigenvalue weighted by Gasteiger charge is 2.21. The van der Waals surface area contributed by atoms with E-state index in [4.69, 9.17) is 5.26 Å². The van der Waals surface area contributed by atoms with Crippen LogP contribution in [-0.2, 0) is 0 Å². The normalized spacial score (nSPS) is 21.7. The fraction of sp³-hybridized carbons (Fsp3) is 0.900. The van der Waals surface area contributed by atoms with E-state index in [2.05, 4.69) is 18.3 Å². The van der Waals surface area contributed by atoms with E-state index < -0.39 is 0 Å².